The molecule has 1 atom stereocenters. The number of ether oxygens (including phenoxy) is 1. The fourth-order valence-electron chi connectivity index (χ4n) is 4.30. The van der Waals surface area contributed by atoms with E-state index in [0.717, 1.165) is 42.5 Å². The van der Waals surface area contributed by atoms with Crippen LogP contribution in [0.2, 0.25) is 0 Å². The van der Waals surface area contributed by atoms with Gasteiger partial charge in [-0.2, -0.15) is 0 Å². The molecule has 0 aliphatic carbocycles. The zero-order valence-corrected chi connectivity index (χ0v) is 15.9. The Morgan fingerprint density at radius 3 is 2.67 bits per heavy atom. The summed E-state index contributed by atoms with van der Waals surface area (Å²) < 4.78 is 7.42. The average molecular weight is 369 g/mol. The van der Waals surface area contributed by atoms with Gasteiger partial charge in [-0.05, 0) is 31.9 Å². The zero-order chi connectivity index (χ0) is 18.8. The molecule has 0 spiro atoms. The second kappa shape index (κ2) is 7.72. The van der Waals surface area contributed by atoms with E-state index in [4.69, 9.17) is 4.74 Å². The number of para-hydroxylation sites is 1. The average Bonchev–Trinajstić information content (AvgIpc) is 3.12. The van der Waals surface area contributed by atoms with Crippen molar-refractivity contribution in [3.05, 3.63) is 36.0 Å². The fraction of sp³-hybridized carbons (Fsp3) is 0.524. The summed E-state index contributed by atoms with van der Waals surface area (Å²) in [5.74, 6) is 0.111. The van der Waals surface area contributed by atoms with Crippen LogP contribution in [0.25, 0.3) is 10.9 Å². The standard InChI is InChI=1S/C21H27N3O3/c1-2-24-18-8-4-3-6-16(18)14-19(24)21(26)23-9-5-7-17(15-23)20(25)22-10-12-27-13-11-22/h3-4,6,8,14,17H,2,5,7,9-13,15H2,1H3. The van der Waals surface area contributed by atoms with Crippen LogP contribution in [0.15, 0.2) is 30.3 Å². The summed E-state index contributed by atoms with van der Waals surface area (Å²) >= 11 is 0. The molecule has 0 saturated carbocycles. The van der Waals surface area contributed by atoms with Crippen molar-refractivity contribution in [2.45, 2.75) is 26.3 Å². The number of nitrogens with zero attached hydrogens (tertiary/aromatic N) is 3. The maximum absolute atomic E-state index is 13.3. The van der Waals surface area contributed by atoms with E-state index in [1.54, 1.807) is 0 Å². The zero-order valence-electron chi connectivity index (χ0n) is 15.9. The van der Waals surface area contributed by atoms with Crippen LogP contribution in [-0.4, -0.2) is 65.6 Å². The molecule has 3 heterocycles. The SMILES string of the molecule is CCn1c(C(=O)N2CCCC(C(=O)N3CCOCC3)C2)cc2ccccc21. The third kappa shape index (κ3) is 3.46. The van der Waals surface area contributed by atoms with Crippen LogP contribution in [0.1, 0.15) is 30.3 Å². The van der Waals surface area contributed by atoms with Crippen molar-refractivity contribution >= 4 is 22.7 Å². The fourth-order valence-corrected chi connectivity index (χ4v) is 4.30. The second-order valence-electron chi connectivity index (χ2n) is 7.36. The predicted octanol–water partition coefficient (Wildman–Crippen LogP) is 2.37. The first-order valence-corrected chi connectivity index (χ1v) is 9.93. The van der Waals surface area contributed by atoms with Gasteiger partial charge < -0.3 is 19.1 Å². The Morgan fingerprint density at radius 1 is 1.11 bits per heavy atom. The number of hydrogen-bond acceptors (Lipinski definition) is 3. The molecule has 6 heteroatoms. The smallest absolute Gasteiger partial charge is 0.270 e. The number of aromatic nitrogens is 1. The van der Waals surface area contributed by atoms with Crippen molar-refractivity contribution in [1.29, 1.82) is 0 Å². The van der Waals surface area contributed by atoms with Gasteiger partial charge in [-0.15, -0.1) is 0 Å². The largest absolute Gasteiger partial charge is 0.378 e. The number of fused-ring (bicyclic) bond motifs is 1. The van der Waals surface area contributed by atoms with Crippen molar-refractivity contribution in [2.75, 3.05) is 39.4 Å². The Hall–Kier alpha value is -2.34. The Balaban J connectivity index is 1.53. The van der Waals surface area contributed by atoms with Crippen molar-refractivity contribution in [1.82, 2.24) is 14.4 Å². The lowest BCUT2D eigenvalue weighted by molar-refractivity contribution is -0.141. The Bertz CT molecular complexity index is 838. The first-order chi connectivity index (χ1) is 13.2. The topological polar surface area (TPSA) is 54.8 Å². The van der Waals surface area contributed by atoms with Crippen LogP contribution < -0.4 is 0 Å². The molecule has 1 aromatic carbocycles. The van der Waals surface area contributed by atoms with Gasteiger partial charge in [-0.1, -0.05) is 18.2 Å². The van der Waals surface area contributed by atoms with Crippen molar-refractivity contribution < 1.29 is 14.3 Å². The lowest BCUT2D eigenvalue weighted by atomic mass is 9.96. The van der Waals surface area contributed by atoms with Gasteiger partial charge in [0.15, 0.2) is 0 Å². The highest BCUT2D eigenvalue weighted by Gasteiger charge is 2.33. The summed E-state index contributed by atoms with van der Waals surface area (Å²) in [5.41, 5.74) is 1.81. The van der Waals surface area contributed by atoms with Crippen LogP contribution >= 0.6 is 0 Å². The van der Waals surface area contributed by atoms with Crippen molar-refractivity contribution in [3.63, 3.8) is 0 Å². The molecule has 2 aliphatic rings. The van der Waals surface area contributed by atoms with Gasteiger partial charge in [0.05, 0.1) is 19.1 Å². The molecule has 0 radical (unpaired) electrons. The Morgan fingerprint density at radius 2 is 1.89 bits per heavy atom. The maximum atomic E-state index is 13.3. The van der Waals surface area contributed by atoms with E-state index < -0.39 is 0 Å². The molecule has 6 nitrogen and oxygen atoms in total. The van der Waals surface area contributed by atoms with Crippen LogP contribution in [0.3, 0.4) is 0 Å². The summed E-state index contributed by atoms with van der Waals surface area (Å²) in [7, 11) is 0. The second-order valence-corrected chi connectivity index (χ2v) is 7.36. The van der Waals surface area contributed by atoms with Gasteiger partial charge in [-0.25, -0.2) is 0 Å². The molecule has 2 amide bonds. The normalized spacial score (nSPS) is 20.9. The summed E-state index contributed by atoms with van der Waals surface area (Å²) in [6.07, 6.45) is 1.73. The lowest BCUT2D eigenvalue weighted by Crippen LogP contribution is -2.49. The molecule has 144 valence electrons. The molecule has 4 rings (SSSR count). The summed E-state index contributed by atoms with van der Waals surface area (Å²) in [6.45, 7) is 6.58. The minimum absolute atomic E-state index is 0.0347. The molecule has 27 heavy (non-hydrogen) atoms. The van der Waals surface area contributed by atoms with E-state index in [1.807, 2.05) is 34.1 Å². The number of benzene rings is 1. The molecule has 0 bridgehead atoms. The molecular weight excluding hydrogens is 342 g/mol. The minimum Gasteiger partial charge on any atom is -0.378 e. The van der Waals surface area contributed by atoms with Crippen LogP contribution in [-0.2, 0) is 16.1 Å². The molecular formula is C21H27N3O3. The van der Waals surface area contributed by atoms with E-state index in [1.165, 1.54) is 0 Å². The number of carbonyl (C=O) groups excluding carboxylic acids is 2. The van der Waals surface area contributed by atoms with Gasteiger partial charge in [0, 0.05) is 43.6 Å². The van der Waals surface area contributed by atoms with E-state index in [-0.39, 0.29) is 17.7 Å². The Kier molecular flexibility index (Phi) is 5.16. The highest BCUT2D eigenvalue weighted by Crippen LogP contribution is 2.25. The number of rotatable bonds is 3. The van der Waals surface area contributed by atoms with E-state index >= 15 is 0 Å². The van der Waals surface area contributed by atoms with Gasteiger partial charge in [-0.3, -0.25) is 9.59 Å². The number of aryl methyl sites for hydroxylation is 1. The number of likely N-dealkylation sites (tertiary alicyclic amines) is 1. The van der Waals surface area contributed by atoms with Gasteiger partial charge in [0.2, 0.25) is 5.91 Å². The van der Waals surface area contributed by atoms with Gasteiger partial charge >= 0.3 is 0 Å². The first-order valence-electron chi connectivity index (χ1n) is 9.93. The van der Waals surface area contributed by atoms with Crippen LogP contribution in [0.5, 0.6) is 0 Å². The molecule has 2 fully saturated rings. The molecule has 0 N–H and O–H groups in total. The third-order valence-electron chi connectivity index (χ3n) is 5.73. The molecule has 2 aromatic rings. The molecule has 2 saturated heterocycles. The highest BCUT2D eigenvalue weighted by atomic mass is 16.5. The van der Waals surface area contributed by atoms with E-state index in [2.05, 4.69) is 17.6 Å². The van der Waals surface area contributed by atoms with Gasteiger partial charge in [0.25, 0.3) is 5.91 Å². The molecule has 2 aliphatic heterocycles. The van der Waals surface area contributed by atoms with Crippen LogP contribution in [0.4, 0.5) is 0 Å². The minimum atomic E-state index is -0.0970. The van der Waals surface area contributed by atoms with Gasteiger partial charge in [0.1, 0.15) is 5.69 Å². The predicted molar refractivity (Wildman–Crippen MR) is 104 cm³/mol. The summed E-state index contributed by atoms with van der Waals surface area (Å²) in [6, 6.07) is 10.1. The number of amides is 2. The Labute approximate surface area is 159 Å². The lowest BCUT2D eigenvalue weighted by Gasteiger charge is -2.36. The van der Waals surface area contributed by atoms with E-state index in [9.17, 15) is 9.59 Å². The molecule has 1 unspecified atom stereocenters. The highest BCUT2D eigenvalue weighted by molar-refractivity contribution is 5.99. The van der Waals surface area contributed by atoms with Crippen LogP contribution in [0, 0.1) is 5.92 Å². The number of piperidine rings is 1. The summed E-state index contributed by atoms with van der Waals surface area (Å²) in [5, 5.41) is 1.08. The van der Waals surface area contributed by atoms with E-state index in [0.29, 0.717) is 32.8 Å². The third-order valence-corrected chi connectivity index (χ3v) is 5.73. The van der Waals surface area contributed by atoms with Crippen molar-refractivity contribution in [3.8, 4) is 0 Å². The quantitative estimate of drug-likeness (QED) is 0.835. The summed E-state index contributed by atoms with van der Waals surface area (Å²) in [4.78, 5) is 29.9. The monoisotopic (exact) mass is 369 g/mol. The maximum Gasteiger partial charge on any atom is 0.270 e. The number of hydrogen-bond donors (Lipinski definition) is 0. The van der Waals surface area contributed by atoms with Crippen molar-refractivity contribution in [2.24, 2.45) is 5.92 Å². The first kappa shape index (κ1) is 18.0. The number of morpholine rings is 1. The molecule has 1 aromatic heterocycles. The number of carbonyl (C=O) groups is 2.